The number of cyclic esters (lactones) is 1. The molecule has 0 aromatic rings. The van der Waals surface area contributed by atoms with Gasteiger partial charge in [0, 0.05) is 39.7 Å². The highest BCUT2D eigenvalue weighted by atomic mass is 16.7. The van der Waals surface area contributed by atoms with E-state index in [4.69, 9.17) is 37.9 Å². The van der Waals surface area contributed by atoms with Gasteiger partial charge in [0.1, 0.15) is 42.4 Å². The van der Waals surface area contributed by atoms with E-state index in [1.807, 2.05) is 20.8 Å². The highest BCUT2D eigenvalue weighted by Gasteiger charge is 2.53. The molecule has 3 aliphatic heterocycles. The van der Waals surface area contributed by atoms with Crippen molar-refractivity contribution >= 4 is 24.2 Å². The number of aliphatic hydroxyl groups is 3. The largest absolute Gasteiger partial charge is 0.462 e. The van der Waals surface area contributed by atoms with Crippen molar-refractivity contribution in [2.75, 3.05) is 21.2 Å². The van der Waals surface area contributed by atoms with E-state index in [0.29, 0.717) is 12.7 Å². The summed E-state index contributed by atoms with van der Waals surface area (Å²) >= 11 is 0. The van der Waals surface area contributed by atoms with E-state index >= 15 is 0 Å². The first-order valence-electron chi connectivity index (χ1n) is 20.4. The summed E-state index contributed by atoms with van der Waals surface area (Å²) in [6.07, 6.45) is -4.11. The van der Waals surface area contributed by atoms with Gasteiger partial charge in [-0.25, -0.2) is 0 Å². The number of carbonyl (C=O) groups excluding carboxylic acids is 4. The Hall–Kier alpha value is -2.80. The fraction of sp³-hybridized carbons (Fsp3) is 0.810. The molecule has 2 saturated heterocycles. The molecule has 0 bridgehead atoms. The van der Waals surface area contributed by atoms with Gasteiger partial charge in [-0.3, -0.25) is 14.4 Å². The minimum Gasteiger partial charge on any atom is -0.462 e. The number of nitrogens with zero attached hydrogens (tertiary/aromatic N) is 1. The maximum absolute atomic E-state index is 13.2. The molecular formula is C42H69NO15. The highest BCUT2D eigenvalue weighted by molar-refractivity contribution is 5.72. The van der Waals surface area contributed by atoms with E-state index in [1.54, 1.807) is 71.0 Å². The first kappa shape index (κ1) is 49.6. The minimum atomic E-state index is -1.50. The molecule has 0 aliphatic carbocycles. The number of allylic oxidation sites excluding steroid dienone is 2. The Balaban J connectivity index is 1.98. The summed E-state index contributed by atoms with van der Waals surface area (Å²) in [5.41, 5.74) is -1.50. The normalized spacial score (nSPS) is 40.7. The van der Waals surface area contributed by atoms with Gasteiger partial charge >= 0.3 is 17.9 Å². The van der Waals surface area contributed by atoms with Gasteiger partial charge in [0.15, 0.2) is 18.7 Å². The lowest BCUT2D eigenvalue weighted by molar-refractivity contribution is -0.344. The van der Waals surface area contributed by atoms with Crippen molar-refractivity contribution in [3.8, 4) is 0 Å². The molecule has 3 N–H and O–H groups in total. The van der Waals surface area contributed by atoms with Crippen molar-refractivity contribution in [2.24, 2.45) is 17.8 Å². The number of methoxy groups -OCH3 is 1. The summed E-state index contributed by atoms with van der Waals surface area (Å²) in [7, 11) is 4.86. The topological polar surface area (TPSA) is 206 Å². The SMILES string of the molecule is CO[C@@H]1[C@@H](O[C@@H]2O[C@H](C)[C@@H](O[C@H]3C[C@@](C)(O)[C@@H](OC(=O)CC(C)C)[C@H](C)O3)[C@H](N(C)C)[C@H]2O)[C@@H](CC=O)C[C@@H](C)[C@@H](O)/C=C/C=C\C[C@@H](C)OC(=O)C[C@H]1OC(C)=O. The van der Waals surface area contributed by atoms with Gasteiger partial charge in [-0.15, -0.1) is 0 Å². The van der Waals surface area contributed by atoms with E-state index in [9.17, 15) is 34.5 Å². The number of aldehydes is 1. The van der Waals surface area contributed by atoms with Gasteiger partial charge in [0.25, 0.3) is 0 Å². The summed E-state index contributed by atoms with van der Waals surface area (Å²) in [5.74, 6) is -2.82. The Labute approximate surface area is 343 Å². The van der Waals surface area contributed by atoms with Crippen LogP contribution in [-0.4, -0.2) is 151 Å². The zero-order valence-electron chi connectivity index (χ0n) is 36.1. The van der Waals surface area contributed by atoms with Crippen LogP contribution in [0.2, 0.25) is 0 Å². The highest BCUT2D eigenvalue weighted by Crippen LogP contribution is 2.38. The Morgan fingerprint density at radius 2 is 1.71 bits per heavy atom. The molecule has 3 rings (SSSR count). The number of carbonyl (C=O) groups is 4. The smallest absolute Gasteiger partial charge is 0.309 e. The third kappa shape index (κ3) is 14.2. The molecular weight excluding hydrogens is 758 g/mol. The van der Waals surface area contributed by atoms with Crippen molar-refractivity contribution in [1.82, 2.24) is 4.90 Å². The summed E-state index contributed by atoms with van der Waals surface area (Å²) in [4.78, 5) is 52.3. The summed E-state index contributed by atoms with van der Waals surface area (Å²) in [6.45, 7) is 13.5. The molecule has 0 saturated carbocycles. The fourth-order valence-electron chi connectivity index (χ4n) is 8.08. The van der Waals surface area contributed by atoms with Crippen molar-refractivity contribution < 1.29 is 72.4 Å². The van der Waals surface area contributed by atoms with Crippen LogP contribution in [-0.2, 0) is 57.1 Å². The van der Waals surface area contributed by atoms with Crippen molar-refractivity contribution in [3.05, 3.63) is 24.3 Å². The van der Waals surface area contributed by atoms with Gasteiger partial charge in [-0.05, 0) is 66.0 Å². The van der Waals surface area contributed by atoms with E-state index in [-0.39, 0.29) is 31.6 Å². The molecule has 16 atom stereocenters. The van der Waals surface area contributed by atoms with Gasteiger partial charge in [-0.2, -0.15) is 0 Å². The zero-order chi connectivity index (χ0) is 43.5. The van der Waals surface area contributed by atoms with Gasteiger partial charge in [-0.1, -0.05) is 45.1 Å². The number of likely N-dealkylation sites (N-methyl/N-ethyl adjacent to an activating group) is 1. The lowest BCUT2D eigenvalue weighted by atomic mass is 9.82. The van der Waals surface area contributed by atoms with Crippen LogP contribution < -0.4 is 0 Å². The fourth-order valence-corrected chi connectivity index (χ4v) is 8.08. The maximum atomic E-state index is 13.2. The van der Waals surface area contributed by atoms with Gasteiger partial charge in [0.2, 0.25) is 0 Å². The van der Waals surface area contributed by atoms with Crippen LogP contribution in [0.15, 0.2) is 24.3 Å². The molecule has 0 aromatic carbocycles. The number of esters is 3. The standard InChI is InChI=1S/C42H69NO15/c1-23(2)19-32(47)56-40-27(6)53-34(22-42(40,8)50)57-37-26(5)54-41(36(49)35(37)43(9)10)58-38-29(17-18-44)20-24(3)30(46)16-14-12-13-15-25(4)52-33(48)21-31(39(38)51-11)55-28(7)45/h12-14,16,18,23-27,29-31,34-41,46,49-50H,15,17,19-22H2,1-11H3/b13-12-,16-14+/t24-,25-,26-,27+,29+,30+,31-,34+,35-,36-,37-,38+,39+,40+,41+,42-/m1/s1. The first-order valence-corrected chi connectivity index (χ1v) is 20.4. The molecule has 3 heterocycles. The lowest BCUT2D eigenvalue weighted by Crippen LogP contribution is -2.66. The predicted molar refractivity (Wildman–Crippen MR) is 210 cm³/mol. The Kier molecular flexibility index (Phi) is 19.4. The van der Waals surface area contributed by atoms with Crippen LogP contribution in [0.3, 0.4) is 0 Å². The second-order valence-electron chi connectivity index (χ2n) is 17.0. The molecule has 0 aromatic heterocycles. The van der Waals surface area contributed by atoms with Crippen LogP contribution in [0.5, 0.6) is 0 Å². The van der Waals surface area contributed by atoms with E-state index < -0.39 is 121 Å². The molecule has 0 radical (unpaired) electrons. The lowest BCUT2D eigenvalue weighted by Gasteiger charge is -2.50. The van der Waals surface area contributed by atoms with Gasteiger partial charge in [0.05, 0.1) is 36.9 Å². The summed E-state index contributed by atoms with van der Waals surface area (Å²) < 4.78 is 48.6. The molecule has 58 heavy (non-hydrogen) atoms. The molecule has 16 heteroatoms. The van der Waals surface area contributed by atoms with Gasteiger partial charge < -0.3 is 62.9 Å². The van der Waals surface area contributed by atoms with Crippen molar-refractivity contribution in [2.45, 2.75) is 179 Å². The quantitative estimate of drug-likeness (QED) is 0.147. The third-order valence-corrected chi connectivity index (χ3v) is 10.9. The van der Waals surface area contributed by atoms with Crippen LogP contribution in [0.1, 0.15) is 93.9 Å². The monoisotopic (exact) mass is 827 g/mol. The average molecular weight is 828 g/mol. The van der Waals surface area contributed by atoms with Crippen LogP contribution >= 0.6 is 0 Å². The number of ether oxygens (including phenoxy) is 8. The number of hydrogen-bond donors (Lipinski definition) is 3. The zero-order valence-corrected chi connectivity index (χ0v) is 36.1. The molecule has 332 valence electrons. The summed E-state index contributed by atoms with van der Waals surface area (Å²) in [6, 6.07) is -0.782. The Bertz CT molecular complexity index is 1390. The number of rotatable bonds is 12. The maximum Gasteiger partial charge on any atom is 0.309 e. The number of aliphatic hydroxyl groups excluding tert-OH is 2. The molecule has 0 unspecified atom stereocenters. The van der Waals surface area contributed by atoms with Crippen molar-refractivity contribution in [1.29, 1.82) is 0 Å². The number of hydrogen-bond acceptors (Lipinski definition) is 16. The van der Waals surface area contributed by atoms with Crippen LogP contribution in [0, 0.1) is 17.8 Å². The van der Waals surface area contributed by atoms with E-state index in [0.717, 1.165) is 0 Å². The third-order valence-electron chi connectivity index (χ3n) is 10.9. The second kappa shape index (κ2) is 22.7. The Morgan fingerprint density at radius 1 is 1.02 bits per heavy atom. The molecule has 2 fully saturated rings. The molecule has 0 spiro atoms. The Morgan fingerprint density at radius 3 is 2.29 bits per heavy atom. The summed E-state index contributed by atoms with van der Waals surface area (Å²) in [5, 5.41) is 34.6. The minimum absolute atomic E-state index is 0.0460. The molecule has 16 nitrogen and oxygen atoms in total. The first-order chi connectivity index (χ1) is 27.2. The van der Waals surface area contributed by atoms with Crippen LogP contribution in [0.25, 0.3) is 0 Å². The van der Waals surface area contributed by atoms with E-state index in [2.05, 4.69) is 0 Å². The van der Waals surface area contributed by atoms with Crippen LogP contribution in [0.4, 0.5) is 0 Å². The van der Waals surface area contributed by atoms with Crippen molar-refractivity contribution in [3.63, 3.8) is 0 Å². The molecule has 3 aliphatic rings. The molecule has 0 amide bonds. The second-order valence-corrected chi connectivity index (χ2v) is 17.0. The predicted octanol–water partition coefficient (Wildman–Crippen LogP) is 3.01. The van der Waals surface area contributed by atoms with E-state index in [1.165, 1.54) is 14.0 Å². The average Bonchev–Trinajstić information content (AvgIpc) is 3.09.